The molecule has 1 aliphatic heterocycles. The minimum absolute atomic E-state index is 0.226. The summed E-state index contributed by atoms with van der Waals surface area (Å²) in [5.41, 5.74) is 0. The number of carbonyl (C=O) groups is 2. The second kappa shape index (κ2) is 3.45. The van der Waals surface area contributed by atoms with Gasteiger partial charge < -0.3 is 14.2 Å². The van der Waals surface area contributed by atoms with Gasteiger partial charge in [-0.1, -0.05) is 0 Å². The molecule has 0 radical (unpaired) electrons. The first-order chi connectivity index (χ1) is 5.24. The van der Waals surface area contributed by atoms with Crippen LogP contribution in [0.4, 0.5) is 0 Å². The predicted molar refractivity (Wildman–Crippen MR) is 32.5 cm³/mol. The molecular weight excluding hydrogens is 152 g/mol. The lowest BCUT2D eigenvalue weighted by Crippen LogP contribution is -2.39. The Labute approximate surface area is 63.2 Å². The first kappa shape index (κ1) is 8.16. The van der Waals surface area contributed by atoms with Gasteiger partial charge in [-0.2, -0.15) is 0 Å². The molecule has 1 heterocycles. The lowest BCUT2D eigenvalue weighted by atomic mass is 10.5. The molecule has 62 valence electrons. The van der Waals surface area contributed by atoms with Crippen LogP contribution in [0.15, 0.2) is 0 Å². The van der Waals surface area contributed by atoms with Crippen molar-refractivity contribution < 1.29 is 23.8 Å². The normalized spacial score (nSPS) is 25.0. The summed E-state index contributed by atoms with van der Waals surface area (Å²) in [6, 6.07) is 0. The Morgan fingerprint density at radius 2 is 2.36 bits per heavy atom. The van der Waals surface area contributed by atoms with Gasteiger partial charge in [-0.25, -0.2) is 9.59 Å². The number of hydrogen-bond acceptors (Lipinski definition) is 5. The van der Waals surface area contributed by atoms with Gasteiger partial charge in [-0.05, 0) is 6.92 Å². The Kier molecular flexibility index (Phi) is 2.56. The molecule has 0 amide bonds. The third-order valence-corrected chi connectivity index (χ3v) is 1.08. The van der Waals surface area contributed by atoms with Gasteiger partial charge in [0.2, 0.25) is 0 Å². The first-order valence-corrected chi connectivity index (χ1v) is 3.21. The van der Waals surface area contributed by atoms with E-state index in [2.05, 4.69) is 4.74 Å². The van der Waals surface area contributed by atoms with Crippen LogP contribution in [-0.4, -0.2) is 31.4 Å². The van der Waals surface area contributed by atoms with Gasteiger partial charge in [0.1, 0.15) is 6.61 Å². The molecule has 0 aliphatic carbocycles. The number of hydrogen-bond donors (Lipinski definition) is 0. The average molecular weight is 160 g/mol. The van der Waals surface area contributed by atoms with Crippen molar-refractivity contribution in [3.8, 4) is 0 Å². The molecule has 1 atom stereocenters. The number of cyclic esters (lactones) is 2. The Balaban J connectivity index is 2.44. The molecule has 1 rings (SSSR count). The van der Waals surface area contributed by atoms with E-state index in [0.717, 1.165) is 0 Å². The molecule has 5 heteroatoms. The van der Waals surface area contributed by atoms with Crippen LogP contribution >= 0.6 is 0 Å². The molecule has 0 N–H and O–H groups in total. The lowest BCUT2D eigenvalue weighted by molar-refractivity contribution is -0.215. The third-order valence-electron chi connectivity index (χ3n) is 1.08. The largest absolute Gasteiger partial charge is 0.388 e. The van der Waals surface area contributed by atoms with Crippen molar-refractivity contribution in [2.45, 2.75) is 13.2 Å². The van der Waals surface area contributed by atoms with E-state index in [0.29, 0.717) is 6.61 Å². The Bertz CT molecular complexity index is 176. The summed E-state index contributed by atoms with van der Waals surface area (Å²) in [6.07, 6.45) is -1.03. The minimum atomic E-state index is -1.03. The molecule has 1 fully saturated rings. The summed E-state index contributed by atoms with van der Waals surface area (Å²) in [5.74, 6) is -1.45. The maximum Gasteiger partial charge on any atom is 0.371 e. The van der Waals surface area contributed by atoms with Crippen LogP contribution in [0, 0.1) is 0 Å². The van der Waals surface area contributed by atoms with Crippen molar-refractivity contribution in [3.05, 3.63) is 0 Å². The fraction of sp³-hybridized carbons (Fsp3) is 0.667. The van der Waals surface area contributed by atoms with Crippen molar-refractivity contribution in [1.29, 1.82) is 0 Å². The summed E-state index contributed by atoms with van der Waals surface area (Å²) in [5, 5.41) is 0. The van der Waals surface area contributed by atoms with Gasteiger partial charge in [0.25, 0.3) is 6.29 Å². The van der Waals surface area contributed by atoms with Crippen molar-refractivity contribution in [1.82, 2.24) is 0 Å². The van der Waals surface area contributed by atoms with E-state index >= 15 is 0 Å². The molecule has 5 nitrogen and oxygen atoms in total. The molecule has 1 aliphatic rings. The van der Waals surface area contributed by atoms with Crippen LogP contribution in [0.25, 0.3) is 0 Å². The molecule has 0 aromatic carbocycles. The van der Waals surface area contributed by atoms with Gasteiger partial charge in [-0.15, -0.1) is 0 Å². The zero-order chi connectivity index (χ0) is 8.27. The fourth-order valence-corrected chi connectivity index (χ4v) is 0.669. The van der Waals surface area contributed by atoms with Gasteiger partial charge in [0.15, 0.2) is 0 Å². The lowest BCUT2D eigenvalue weighted by Gasteiger charge is -2.19. The van der Waals surface area contributed by atoms with Crippen molar-refractivity contribution in [2.24, 2.45) is 0 Å². The van der Waals surface area contributed by atoms with Crippen LogP contribution in [0.5, 0.6) is 0 Å². The van der Waals surface area contributed by atoms with Crippen LogP contribution in [0.1, 0.15) is 6.92 Å². The molecule has 0 saturated carbocycles. The topological polar surface area (TPSA) is 61.8 Å². The van der Waals surface area contributed by atoms with E-state index in [1.807, 2.05) is 0 Å². The molecule has 0 aromatic heterocycles. The van der Waals surface area contributed by atoms with E-state index in [9.17, 15) is 9.59 Å². The van der Waals surface area contributed by atoms with Crippen molar-refractivity contribution in [3.63, 3.8) is 0 Å². The number of rotatable bonds is 2. The maximum absolute atomic E-state index is 10.7. The van der Waals surface area contributed by atoms with Gasteiger partial charge in [0.05, 0.1) is 0 Å². The maximum atomic E-state index is 10.7. The summed E-state index contributed by atoms with van der Waals surface area (Å²) in [4.78, 5) is 21.1. The minimum Gasteiger partial charge on any atom is -0.388 e. The molecule has 1 unspecified atom stereocenters. The predicted octanol–water partition coefficient (Wildman–Crippen LogP) is -0.551. The van der Waals surface area contributed by atoms with E-state index in [-0.39, 0.29) is 6.61 Å². The second-order valence-corrected chi connectivity index (χ2v) is 1.89. The zero-order valence-electron chi connectivity index (χ0n) is 6.03. The summed E-state index contributed by atoms with van der Waals surface area (Å²) >= 11 is 0. The Morgan fingerprint density at radius 3 is 2.91 bits per heavy atom. The molecule has 0 spiro atoms. The van der Waals surface area contributed by atoms with Crippen LogP contribution in [-0.2, 0) is 23.8 Å². The molecule has 11 heavy (non-hydrogen) atoms. The van der Waals surface area contributed by atoms with E-state index in [1.54, 1.807) is 6.92 Å². The highest BCUT2D eigenvalue weighted by Crippen LogP contribution is 2.04. The highest BCUT2D eigenvalue weighted by atomic mass is 16.7. The molecule has 0 aromatic rings. The van der Waals surface area contributed by atoms with E-state index < -0.39 is 18.2 Å². The Morgan fingerprint density at radius 1 is 1.64 bits per heavy atom. The molecule has 1 saturated heterocycles. The summed E-state index contributed by atoms with van der Waals surface area (Å²) in [7, 11) is 0. The highest BCUT2D eigenvalue weighted by molar-refractivity contribution is 5.89. The average Bonchev–Trinajstić information content (AvgIpc) is 1.95. The van der Waals surface area contributed by atoms with E-state index in [1.165, 1.54) is 0 Å². The quantitative estimate of drug-likeness (QED) is 0.400. The Hall–Kier alpha value is -0.940. The van der Waals surface area contributed by atoms with Gasteiger partial charge >= 0.3 is 11.9 Å². The van der Waals surface area contributed by atoms with Crippen LogP contribution in [0.2, 0.25) is 0 Å². The van der Waals surface area contributed by atoms with Gasteiger partial charge in [-0.3, -0.25) is 0 Å². The number of carbonyl (C=O) groups excluding carboxylic acids is 2. The van der Waals surface area contributed by atoms with Crippen LogP contribution in [0.3, 0.4) is 0 Å². The number of esters is 2. The van der Waals surface area contributed by atoms with Crippen molar-refractivity contribution in [2.75, 3.05) is 13.2 Å². The van der Waals surface area contributed by atoms with Gasteiger partial charge in [0, 0.05) is 6.61 Å². The standard InChI is InChI=1S/C6H8O5/c1-2-9-6-5(8)11-4(7)3-10-6/h6H,2-3H2,1H3. The summed E-state index contributed by atoms with van der Waals surface area (Å²) < 4.78 is 13.7. The second-order valence-electron chi connectivity index (χ2n) is 1.89. The smallest absolute Gasteiger partial charge is 0.371 e. The highest BCUT2D eigenvalue weighted by Gasteiger charge is 2.30. The zero-order valence-corrected chi connectivity index (χ0v) is 6.03. The fourth-order valence-electron chi connectivity index (χ4n) is 0.669. The third kappa shape index (κ3) is 1.99. The number of ether oxygens (including phenoxy) is 3. The van der Waals surface area contributed by atoms with E-state index in [4.69, 9.17) is 9.47 Å². The van der Waals surface area contributed by atoms with Crippen molar-refractivity contribution >= 4 is 11.9 Å². The molecule has 0 bridgehead atoms. The van der Waals surface area contributed by atoms with Crippen LogP contribution < -0.4 is 0 Å². The summed E-state index contributed by atoms with van der Waals surface area (Å²) in [6.45, 7) is 1.83. The monoisotopic (exact) mass is 160 g/mol. The SMILES string of the molecule is CCOC1OCC(=O)OC1=O. The molecular formula is C6H8O5. The first-order valence-electron chi connectivity index (χ1n) is 3.21.